The summed E-state index contributed by atoms with van der Waals surface area (Å²) < 4.78 is 0. The molecule has 1 amide bonds. The Bertz CT molecular complexity index is 451. The standard InChI is InChI=1S/C13H16Cl2N2O/c1-2-13(18)17-6-5-16-8-12(17)9-3-4-10(14)11(15)7-9/h3-4,7,12,16H,2,5-6,8H2,1H3. The monoisotopic (exact) mass is 286 g/mol. The third kappa shape index (κ3) is 2.79. The first-order valence-electron chi connectivity index (χ1n) is 6.08. The molecule has 1 aromatic rings. The van der Waals surface area contributed by atoms with Gasteiger partial charge in [0.15, 0.2) is 0 Å². The zero-order valence-electron chi connectivity index (χ0n) is 10.2. The Hall–Kier alpha value is -0.770. The topological polar surface area (TPSA) is 32.3 Å². The van der Waals surface area contributed by atoms with Gasteiger partial charge >= 0.3 is 0 Å². The van der Waals surface area contributed by atoms with Crippen molar-refractivity contribution in [1.82, 2.24) is 10.2 Å². The Morgan fingerprint density at radius 3 is 2.89 bits per heavy atom. The number of nitrogens with zero attached hydrogens (tertiary/aromatic N) is 1. The Morgan fingerprint density at radius 1 is 1.44 bits per heavy atom. The number of carbonyl (C=O) groups excluding carboxylic acids is 1. The fourth-order valence-corrected chi connectivity index (χ4v) is 2.53. The molecule has 1 fully saturated rings. The molecule has 1 saturated heterocycles. The van der Waals surface area contributed by atoms with E-state index in [1.165, 1.54) is 0 Å². The highest BCUT2D eigenvalue weighted by atomic mass is 35.5. The lowest BCUT2D eigenvalue weighted by Gasteiger charge is -2.36. The lowest BCUT2D eigenvalue weighted by Crippen LogP contribution is -2.48. The van der Waals surface area contributed by atoms with Crippen molar-refractivity contribution in [1.29, 1.82) is 0 Å². The van der Waals surface area contributed by atoms with Gasteiger partial charge in [-0.1, -0.05) is 36.2 Å². The zero-order chi connectivity index (χ0) is 13.1. The quantitative estimate of drug-likeness (QED) is 0.907. The maximum atomic E-state index is 11.9. The molecule has 5 heteroatoms. The minimum absolute atomic E-state index is 0.0426. The van der Waals surface area contributed by atoms with Crippen molar-refractivity contribution >= 4 is 29.1 Å². The van der Waals surface area contributed by atoms with E-state index in [0.717, 1.165) is 25.2 Å². The minimum atomic E-state index is 0.0426. The molecule has 0 aliphatic carbocycles. The van der Waals surface area contributed by atoms with Gasteiger partial charge in [-0.15, -0.1) is 0 Å². The fraction of sp³-hybridized carbons (Fsp3) is 0.462. The molecule has 1 atom stereocenters. The van der Waals surface area contributed by atoms with Crippen LogP contribution in [0.2, 0.25) is 10.0 Å². The molecule has 0 radical (unpaired) electrons. The molecule has 18 heavy (non-hydrogen) atoms. The average molecular weight is 287 g/mol. The van der Waals surface area contributed by atoms with Gasteiger partial charge in [0.05, 0.1) is 16.1 Å². The highest BCUT2D eigenvalue weighted by molar-refractivity contribution is 6.42. The summed E-state index contributed by atoms with van der Waals surface area (Å²) in [5, 5.41) is 4.38. The summed E-state index contributed by atoms with van der Waals surface area (Å²) in [4.78, 5) is 13.9. The van der Waals surface area contributed by atoms with Gasteiger partial charge in [0.25, 0.3) is 0 Å². The fourth-order valence-electron chi connectivity index (χ4n) is 2.22. The van der Waals surface area contributed by atoms with E-state index in [2.05, 4.69) is 5.32 Å². The summed E-state index contributed by atoms with van der Waals surface area (Å²) in [6.45, 7) is 4.21. The summed E-state index contributed by atoms with van der Waals surface area (Å²) in [5.74, 6) is 0.174. The first-order valence-corrected chi connectivity index (χ1v) is 6.84. The van der Waals surface area contributed by atoms with Gasteiger partial charge in [-0.3, -0.25) is 4.79 Å². The Labute approximate surface area is 117 Å². The molecular formula is C13H16Cl2N2O. The lowest BCUT2D eigenvalue weighted by atomic mass is 10.0. The van der Waals surface area contributed by atoms with Gasteiger partial charge in [0, 0.05) is 26.1 Å². The van der Waals surface area contributed by atoms with Crippen LogP contribution in [0.25, 0.3) is 0 Å². The molecule has 0 aromatic heterocycles. The third-order valence-electron chi connectivity index (χ3n) is 3.19. The second-order valence-corrected chi connectivity index (χ2v) is 5.15. The second-order valence-electron chi connectivity index (χ2n) is 4.33. The van der Waals surface area contributed by atoms with E-state index < -0.39 is 0 Å². The van der Waals surface area contributed by atoms with Crippen LogP contribution in [0.15, 0.2) is 18.2 Å². The van der Waals surface area contributed by atoms with Crippen LogP contribution < -0.4 is 5.32 Å². The number of carbonyl (C=O) groups is 1. The molecule has 1 aromatic carbocycles. The molecule has 0 spiro atoms. The number of piperazine rings is 1. The van der Waals surface area contributed by atoms with Gasteiger partial charge < -0.3 is 10.2 Å². The van der Waals surface area contributed by atoms with E-state index in [-0.39, 0.29) is 11.9 Å². The van der Waals surface area contributed by atoms with Crippen molar-refractivity contribution in [3.8, 4) is 0 Å². The first-order chi connectivity index (χ1) is 8.63. The number of hydrogen-bond donors (Lipinski definition) is 1. The van der Waals surface area contributed by atoms with E-state index in [1.54, 1.807) is 6.07 Å². The molecule has 1 N–H and O–H groups in total. The lowest BCUT2D eigenvalue weighted by molar-refractivity contribution is -0.134. The molecule has 2 rings (SSSR count). The van der Waals surface area contributed by atoms with Gasteiger partial charge in [0.2, 0.25) is 5.91 Å². The molecule has 1 aliphatic rings. The van der Waals surface area contributed by atoms with E-state index in [1.807, 2.05) is 24.0 Å². The van der Waals surface area contributed by atoms with Crippen LogP contribution >= 0.6 is 23.2 Å². The maximum absolute atomic E-state index is 11.9. The van der Waals surface area contributed by atoms with Crippen LogP contribution in [-0.4, -0.2) is 30.4 Å². The molecule has 98 valence electrons. The zero-order valence-corrected chi connectivity index (χ0v) is 11.8. The van der Waals surface area contributed by atoms with E-state index in [9.17, 15) is 4.79 Å². The van der Waals surface area contributed by atoms with E-state index in [0.29, 0.717) is 16.5 Å². The molecule has 1 unspecified atom stereocenters. The Balaban J connectivity index is 2.27. The molecule has 0 saturated carbocycles. The van der Waals surface area contributed by atoms with Crippen LogP contribution in [0.1, 0.15) is 24.9 Å². The Morgan fingerprint density at radius 2 is 2.22 bits per heavy atom. The minimum Gasteiger partial charge on any atom is -0.333 e. The number of halogens is 2. The van der Waals surface area contributed by atoms with Crippen molar-refractivity contribution in [2.24, 2.45) is 0 Å². The predicted molar refractivity (Wildman–Crippen MR) is 74.1 cm³/mol. The number of hydrogen-bond acceptors (Lipinski definition) is 2. The van der Waals surface area contributed by atoms with Gasteiger partial charge in [0.1, 0.15) is 0 Å². The van der Waals surface area contributed by atoms with E-state index in [4.69, 9.17) is 23.2 Å². The highest BCUT2D eigenvalue weighted by Crippen LogP contribution is 2.29. The smallest absolute Gasteiger partial charge is 0.222 e. The number of benzene rings is 1. The molecular weight excluding hydrogens is 271 g/mol. The van der Waals surface area contributed by atoms with Gasteiger partial charge in [-0.2, -0.15) is 0 Å². The van der Waals surface area contributed by atoms with Crippen molar-refractivity contribution in [3.05, 3.63) is 33.8 Å². The van der Waals surface area contributed by atoms with Crippen molar-refractivity contribution in [3.63, 3.8) is 0 Å². The average Bonchev–Trinajstić information content (AvgIpc) is 2.41. The maximum Gasteiger partial charge on any atom is 0.222 e. The van der Waals surface area contributed by atoms with Crippen LogP contribution in [0.4, 0.5) is 0 Å². The van der Waals surface area contributed by atoms with Crippen molar-refractivity contribution in [2.75, 3.05) is 19.6 Å². The summed E-state index contributed by atoms with van der Waals surface area (Å²) in [7, 11) is 0. The summed E-state index contributed by atoms with van der Waals surface area (Å²) in [6, 6.07) is 5.60. The largest absolute Gasteiger partial charge is 0.333 e. The van der Waals surface area contributed by atoms with E-state index >= 15 is 0 Å². The molecule has 0 bridgehead atoms. The number of rotatable bonds is 2. The first kappa shape index (κ1) is 13.7. The third-order valence-corrected chi connectivity index (χ3v) is 3.93. The number of amides is 1. The summed E-state index contributed by atoms with van der Waals surface area (Å²) in [5.41, 5.74) is 1.03. The van der Waals surface area contributed by atoms with Crippen molar-refractivity contribution in [2.45, 2.75) is 19.4 Å². The van der Waals surface area contributed by atoms with Gasteiger partial charge in [-0.05, 0) is 17.7 Å². The van der Waals surface area contributed by atoms with Crippen LogP contribution in [0.5, 0.6) is 0 Å². The molecule has 1 aliphatic heterocycles. The highest BCUT2D eigenvalue weighted by Gasteiger charge is 2.27. The van der Waals surface area contributed by atoms with Crippen molar-refractivity contribution < 1.29 is 4.79 Å². The van der Waals surface area contributed by atoms with Crippen LogP contribution in [0, 0.1) is 0 Å². The summed E-state index contributed by atoms with van der Waals surface area (Å²) in [6.07, 6.45) is 0.526. The summed E-state index contributed by atoms with van der Waals surface area (Å²) >= 11 is 12.0. The molecule has 3 nitrogen and oxygen atoms in total. The normalized spacial score (nSPS) is 19.9. The number of nitrogens with one attached hydrogen (secondary N) is 1. The predicted octanol–water partition coefficient (Wildman–Crippen LogP) is 2.88. The molecule has 1 heterocycles. The second kappa shape index (κ2) is 5.91. The van der Waals surface area contributed by atoms with Gasteiger partial charge in [-0.25, -0.2) is 0 Å². The Kier molecular flexibility index (Phi) is 4.49. The SMILES string of the molecule is CCC(=O)N1CCNCC1c1ccc(Cl)c(Cl)c1. The van der Waals surface area contributed by atoms with Crippen LogP contribution in [0.3, 0.4) is 0 Å². The van der Waals surface area contributed by atoms with Crippen LogP contribution in [-0.2, 0) is 4.79 Å².